The maximum absolute atomic E-state index is 11.1. The standard InChI is InChI=1S/C9H13ClN2O3S/c1-12-7(9(15-2)6-3-4-6)5-8(11-12)16(10,13)14/h5-6,9H,3-4H2,1-2H3/t9-/m1/s1. The summed E-state index contributed by atoms with van der Waals surface area (Å²) in [5.41, 5.74) is 0.754. The van der Waals surface area contributed by atoms with E-state index in [9.17, 15) is 8.42 Å². The Balaban J connectivity index is 2.37. The van der Waals surface area contributed by atoms with Gasteiger partial charge < -0.3 is 4.74 Å². The summed E-state index contributed by atoms with van der Waals surface area (Å²) >= 11 is 0. The van der Waals surface area contributed by atoms with E-state index >= 15 is 0 Å². The lowest BCUT2D eigenvalue weighted by atomic mass is 10.1. The average Bonchev–Trinajstić information content (AvgIpc) is 2.91. The molecule has 2 rings (SSSR count). The van der Waals surface area contributed by atoms with E-state index in [-0.39, 0.29) is 11.1 Å². The topological polar surface area (TPSA) is 61.2 Å². The number of hydrogen-bond acceptors (Lipinski definition) is 4. The predicted molar refractivity (Wildman–Crippen MR) is 58.7 cm³/mol. The van der Waals surface area contributed by atoms with Crippen LogP contribution in [-0.4, -0.2) is 25.3 Å². The molecule has 0 unspecified atom stereocenters. The first-order valence-corrected chi connectivity index (χ1v) is 7.26. The lowest BCUT2D eigenvalue weighted by molar-refractivity contribution is 0.0778. The minimum absolute atomic E-state index is 0.0929. The van der Waals surface area contributed by atoms with E-state index in [0.29, 0.717) is 5.92 Å². The van der Waals surface area contributed by atoms with Crippen LogP contribution in [0, 0.1) is 5.92 Å². The summed E-state index contributed by atoms with van der Waals surface area (Å²) in [6.07, 6.45) is 2.11. The first kappa shape index (κ1) is 11.9. The van der Waals surface area contributed by atoms with Gasteiger partial charge >= 0.3 is 0 Å². The molecule has 7 heteroatoms. The molecule has 0 radical (unpaired) electrons. The molecule has 1 aromatic rings. The molecule has 1 fully saturated rings. The van der Waals surface area contributed by atoms with Gasteiger partial charge in [-0.2, -0.15) is 5.10 Å². The average molecular weight is 265 g/mol. The van der Waals surface area contributed by atoms with Crippen LogP contribution in [0.25, 0.3) is 0 Å². The molecule has 0 amide bonds. The molecule has 5 nitrogen and oxygen atoms in total. The molecule has 1 heterocycles. The van der Waals surface area contributed by atoms with Gasteiger partial charge in [0.25, 0.3) is 9.05 Å². The minimum atomic E-state index is -3.77. The van der Waals surface area contributed by atoms with Crippen molar-refractivity contribution >= 4 is 19.7 Å². The molecule has 90 valence electrons. The van der Waals surface area contributed by atoms with E-state index in [0.717, 1.165) is 18.5 Å². The van der Waals surface area contributed by atoms with Crippen molar-refractivity contribution in [1.82, 2.24) is 9.78 Å². The van der Waals surface area contributed by atoms with Crippen LogP contribution in [0.2, 0.25) is 0 Å². The lowest BCUT2D eigenvalue weighted by Crippen LogP contribution is -2.09. The summed E-state index contributed by atoms with van der Waals surface area (Å²) in [5.74, 6) is 0.464. The van der Waals surface area contributed by atoms with E-state index in [2.05, 4.69) is 5.10 Å². The third-order valence-corrected chi connectivity index (χ3v) is 3.91. The highest BCUT2D eigenvalue weighted by Crippen LogP contribution is 2.43. The van der Waals surface area contributed by atoms with E-state index in [4.69, 9.17) is 15.4 Å². The highest BCUT2D eigenvalue weighted by Gasteiger charge is 2.35. The van der Waals surface area contributed by atoms with Crippen molar-refractivity contribution in [2.75, 3.05) is 7.11 Å². The number of methoxy groups -OCH3 is 1. The highest BCUT2D eigenvalue weighted by molar-refractivity contribution is 8.13. The molecule has 16 heavy (non-hydrogen) atoms. The summed E-state index contributed by atoms with van der Waals surface area (Å²) < 4.78 is 29.2. The summed E-state index contributed by atoms with van der Waals surface area (Å²) in [5, 5.41) is 3.76. The summed E-state index contributed by atoms with van der Waals surface area (Å²) in [7, 11) is 4.78. The molecule has 1 atom stereocenters. The molecule has 1 aromatic heterocycles. The van der Waals surface area contributed by atoms with Crippen LogP contribution in [0.1, 0.15) is 24.6 Å². The summed E-state index contributed by atoms with van der Waals surface area (Å²) in [6, 6.07) is 1.48. The number of halogens is 1. The number of hydrogen-bond donors (Lipinski definition) is 0. The van der Waals surface area contributed by atoms with E-state index in [1.165, 1.54) is 10.7 Å². The molecule has 0 spiro atoms. The molecular weight excluding hydrogens is 252 g/mol. The van der Waals surface area contributed by atoms with E-state index < -0.39 is 9.05 Å². The summed E-state index contributed by atoms with van der Waals surface area (Å²) in [6.45, 7) is 0. The van der Waals surface area contributed by atoms with Gasteiger partial charge in [0.15, 0.2) is 5.03 Å². The van der Waals surface area contributed by atoms with Crippen LogP contribution in [-0.2, 0) is 20.8 Å². The van der Waals surface area contributed by atoms with Gasteiger partial charge in [0.2, 0.25) is 0 Å². The molecule has 1 aliphatic carbocycles. The normalized spacial score (nSPS) is 18.7. The fraction of sp³-hybridized carbons (Fsp3) is 0.667. The SMILES string of the molecule is CO[C@@H](c1cc(S(=O)(=O)Cl)nn1C)C1CC1. The zero-order valence-corrected chi connectivity index (χ0v) is 10.6. The van der Waals surface area contributed by atoms with Crippen molar-refractivity contribution in [2.24, 2.45) is 13.0 Å². The van der Waals surface area contributed by atoms with Gasteiger partial charge in [-0.1, -0.05) is 0 Å². The van der Waals surface area contributed by atoms with Crippen LogP contribution >= 0.6 is 10.7 Å². The highest BCUT2D eigenvalue weighted by atomic mass is 35.7. The molecule has 1 saturated carbocycles. The molecule has 0 aliphatic heterocycles. The fourth-order valence-corrected chi connectivity index (χ4v) is 2.50. The fourth-order valence-electron chi connectivity index (χ4n) is 1.79. The minimum Gasteiger partial charge on any atom is -0.375 e. The monoisotopic (exact) mass is 264 g/mol. The Morgan fingerprint density at radius 2 is 2.25 bits per heavy atom. The largest absolute Gasteiger partial charge is 0.375 e. The maximum Gasteiger partial charge on any atom is 0.280 e. The number of ether oxygens (including phenoxy) is 1. The molecule has 1 aliphatic rings. The van der Waals surface area contributed by atoms with Gasteiger partial charge in [0, 0.05) is 30.9 Å². The second-order valence-corrected chi connectivity index (χ2v) is 6.48. The van der Waals surface area contributed by atoms with Crippen molar-refractivity contribution in [3.8, 4) is 0 Å². The van der Waals surface area contributed by atoms with Gasteiger partial charge in [-0.15, -0.1) is 0 Å². The van der Waals surface area contributed by atoms with Gasteiger partial charge in [-0.25, -0.2) is 8.42 Å². The lowest BCUT2D eigenvalue weighted by Gasteiger charge is -2.13. The van der Waals surface area contributed by atoms with Crippen molar-refractivity contribution in [1.29, 1.82) is 0 Å². The zero-order valence-electron chi connectivity index (χ0n) is 9.05. The van der Waals surface area contributed by atoms with Crippen LogP contribution in [0.5, 0.6) is 0 Å². The Bertz CT molecular complexity index is 493. The summed E-state index contributed by atoms with van der Waals surface area (Å²) in [4.78, 5) is 0. The van der Waals surface area contributed by atoms with Crippen molar-refractivity contribution < 1.29 is 13.2 Å². The molecule has 0 N–H and O–H groups in total. The predicted octanol–water partition coefficient (Wildman–Crippen LogP) is 1.45. The van der Waals surface area contributed by atoms with Crippen LogP contribution in [0.3, 0.4) is 0 Å². The van der Waals surface area contributed by atoms with Gasteiger partial charge in [0.1, 0.15) is 6.10 Å². The molecular formula is C9H13ClN2O3S. The number of rotatable bonds is 4. The first-order valence-electron chi connectivity index (χ1n) is 4.95. The van der Waals surface area contributed by atoms with Gasteiger partial charge in [0.05, 0.1) is 5.69 Å². The Morgan fingerprint density at radius 3 is 2.62 bits per heavy atom. The Kier molecular flexibility index (Phi) is 2.98. The second kappa shape index (κ2) is 4.01. The molecule has 0 aromatic carbocycles. The Hall–Kier alpha value is -0.590. The molecule has 0 saturated heterocycles. The Morgan fingerprint density at radius 1 is 1.62 bits per heavy atom. The maximum atomic E-state index is 11.1. The number of nitrogens with zero attached hydrogens (tertiary/aromatic N) is 2. The van der Waals surface area contributed by atoms with Crippen LogP contribution < -0.4 is 0 Å². The quantitative estimate of drug-likeness (QED) is 0.772. The zero-order chi connectivity index (χ0) is 11.9. The van der Waals surface area contributed by atoms with Crippen molar-refractivity contribution in [3.05, 3.63) is 11.8 Å². The van der Waals surface area contributed by atoms with Crippen LogP contribution in [0.4, 0.5) is 0 Å². The second-order valence-electron chi connectivity index (χ2n) is 3.96. The van der Waals surface area contributed by atoms with Crippen molar-refractivity contribution in [2.45, 2.75) is 24.0 Å². The molecule has 0 bridgehead atoms. The third-order valence-electron chi connectivity index (χ3n) is 2.74. The smallest absolute Gasteiger partial charge is 0.280 e. The third kappa shape index (κ3) is 2.23. The first-order chi connectivity index (χ1) is 7.43. The van der Waals surface area contributed by atoms with Crippen LogP contribution in [0.15, 0.2) is 11.1 Å². The van der Waals surface area contributed by atoms with Gasteiger partial charge in [-0.3, -0.25) is 4.68 Å². The van der Waals surface area contributed by atoms with E-state index in [1.54, 1.807) is 14.2 Å². The van der Waals surface area contributed by atoms with Crippen molar-refractivity contribution in [3.63, 3.8) is 0 Å². The number of aromatic nitrogens is 2. The van der Waals surface area contributed by atoms with Gasteiger partial charge in [-0.05, 0) is 18.8 Å². The number of aryl methyl sites for hydroxylation is 1. The van der Waals surface area contributed by atoms with E-state index in [1.807, 2.05) is 0 Å². The Labute approximate surface area is 98.8 Å².